The third-order valence-electron chi connectivity index (χ3n) is 3.43. The van der Waals surface area contributed by atoms with Gasteiger partial charge < -0.3 is 14.7 Å². The first-order chi connectivity index (χ1) is 7.78. The molecular formula is C12H19NO4. The molecule has 96 valence electrons. The molecule has 1 amide bonds. The fourth-order valence-corrected chi connectivity index (χ4v) is 2.63. The zero-order valence-corrected chi connectivity index (χ0v) is 10.5. The lowest BCUT2D eigenvalue weighted by atomic mass is 10.2. The van der Waals surface area contributed by atoms with Crippen LogP contribution in [0.2, 0.25) is 0 Å². The second-order valence-corrected chi connectivity index (χ2v) is 5.97. The average molecular weight is 241 g/mol. The van der Waals surface area contributed by atoms with Gasteiger partial charge in [0.15, 0.2) is 0 Å². The molecule has 2 rings (SSSR count). The minimum absolute atomic E-state index is 0.234. The van der Waals surface area contributed by atoms with Crippen LogP contribution in [0.5, 0.6) is 0 Å². The number of fused-ring (bicyclic) bond motifs is 1. The van der Waals surface area contributed by atoms with E-state index in [4.69, 9.17) is 9.84 Å². The molecule has 2 atom stereocenters. The van der Waals surface area contributed by atoms with E-state index in [2.05, 4.69) is 0 Å². The first-order valence-corrected chi connectivity index (χ1v) is 5.97. The zero-order valence-electron chi connectivity index (χ0n) is 10.5. The molecule has 0 radical (unpaired) electrons. The first-order valence-electron chi connectivity index (χ1n) is 5.97. The Kier molecular flexibility index (Phi) is 2.79. The van der Waals surface area contributed by atoms with Crippen LogP contribution in [-0.4, -0.2) is 40.8 Å². The van der Waals surface area contributed by atoms with E-state index in [0.29, 0.717) is 24.9 Å². The van der Waals surface area contributed by atoms with Crippen molar-refractivity contribution >= 4 is 12.1 Å². The number of amides is 1. The lowest BCUT2D eigenvalue weighted by Gasteiger charge is -2.25. The van der Waals surface area contributed by atoms with E-state index in [0.717, 1.165) is 0 Å². The standard InChI is InChI=1S/C12H19NO4/c1-12(2,3)17-11(16)13-5-8-7(4-10(14)15)9(8)6-13/h7-9H,4-6H2,1-3H3,(H,14,15). The average Bonchev–Trinajstić information content (AvgIpc) is 2.59. The second-order valence-electron chi connectivity index (χ2n) is 5.97. The van der Waals surface area contributed by atoms with Crippen LogP contribution in [0.25, 0.3) is 0 Å². The first kappa shape index (κ1) is 12.2. The highest BCUT2D eigenvalue weighted by atomic mass is 16.6. The highest BCUT2D eigenvalue weighted by Gasteiger charge is 2.57. The monoisotopic (exact) mass is 241 g/mol. The fourth-order valence-electron chi connectivity index (χ4n) is 2.63. The van der Waals surface area contributed by atoms with Crippen LogP contribution in [0.4, 0.5) is 4.79 Å². The summed E-state index contributed by atoms with van der Waals surface area (Å²) in [6, 6.07) is 0. The fraction of sp³-hybridized carbons (Fsp3) is 0.833. The molecule has 1 N–H and O–H groups in total. The number of likely N-dealkylation sites (tertiary alicyclic amines) is 1. The molecule has 0 aromatic rings. The maximum atomic E-state index is 11.7. The van der Waals surface area contributed by atoms with E-state index in [1.807, 2.05) is 20.8 Å². The van der Waals surface area contributed by atoms with Crippen LogP contribution >= 0.6 is 0 Å². The van der Waals surface area contributed by atoms with Gasteiger partial charge in [0.05, 0.1) is 0 Å². The summed E-state index contributed by atoms with van der Waals surface area (Å²) in [6.45, 7) is 6.83. The second kappa shape index (κ2) is 3.89. The molecule has 1 aliphatic heterocycles. The Balaban J connectivity index is 1.79. The number of hydrogen-bond donors (Lipinski definition) is 1. The Morgan fingerprint density at radius 3 is 2.24 bits per heavy atom. The van der Waals surface area contributed by atoms with Crippen LogP contribution < -0.4 is 0 Å². The van der Waals surface area contributed by atoms with Gasteiger partial charge in [0.2, 0.25) is 0 Å². The Morgan fingerprint density at radius 2 is 1.82 bits per heavy atom. The van der Waals surface area contributed by atoms with Gasteiger partial charge in [0, 0.05) is 19.5 Å². The lowest BCUT2D eigenvalue weighted by Crippen LogP contribution is -2.37. The summed E-state index contributed by atoms with van der Waals surface area (Å²) in [7, 11) is 0. The van der Waals surface area contributed by atoms with E-state index < -0.39 is 11.6 Å². The molecule has 0 aromatic heterocycles. The third kappa shape index (κ3) is 2.70. The highest BCUT2D eigenvalue weighted by molar-refractivity contribution is 5.70. The molecule has 2 fully saturated rings. The van der Waals surface area contributed by atoms with E-state index in [1.54, 1.807) is 4.90 Å². The molecule has 1 aliphatic carbocycles. The van der Waals surface area contributed by atoms with Crippen molar-refractivity contribution in [2.45, 2.75) is 32.8 Å². The molecular weight excluding hydrogens is 222 g/mol. The van der Waals surface area contributed by atoms with Gasteiger partial charge in [-0.25, -0.2) is 4.79 Å². The summed E-state index contributed by atoms with van der Waals surface area (Å²) in [5, 5.41) is 8.70. The number of hydrogen-bond acceptors (Lipinski definition) is 3. The van der Waals surface area contributed by atoms with Crippen molar-refractivity contribution in [2.24, 2.45) is 17.8 Å². The smallest absolute Gasteiger partial charge is 0.410 e. The van der Waals surface area contributed by atoms with Crippen molar-refractivity contribution in [1.29, 1.82) is 0 Å². The van der Waals surface area contributed by atoms with Gasteiger partial charge >= 0.3 is 12.1 Å². The molecule has 0 aromatic carbocycles. The molecule has 17 heavy (non-hydrogen) atoms. The van der Waals surface area contributed by atoms with E-state index in [-0.39, 0.29) is 18.4 Å². The quantitative estimate of drug-likeness (QED) is 0.797. The van der Waals surface area contributed by atoms with Crippen molar-refractivity contribution in [1.82, 2.24) is 4.90 Å². The number of ether oxygens (including phenoxy) is 1. The number of carboxylic acids is 1. The third-order valence-corrected chi connectivity index (χ3v) is 3.43. The van der Waals surface area contributed by atoms with Gasteiger partial charge in [-0.1, -0.05) is 0 Å². The summed E-state index contributed by atoms with van der Waals surface area (Å²) in [4.78, 5) is 24.0. The van der Waals surface area contributed by atoms with E-state index in [1.165, 1.54) is 0 Å². The summed E-state index contributed by atoms with van der Waals surface area (Å²) in [6.07, 6.45) is -0.0453. The van der Waals surface area contributed by atoms with Crippen molar-refractivity contribution in [3.8, 4) is 0 Å². The molecule has 1 heterocycles. The molecule has 1 saturated heterocycles. The predicted octanol–water partition coefficient (Wildman–Crippen LogP) is 1.57. The van der Waals surface area contributed by atoms with E-state index >= 15 is 0 Å². The van der Waals surface area contributed by atoms with Gasteiger partial charge in [-0.15, -0.1) is 0 Å². The van der Waals surface area contributed by atoms with Crippen molar-refractivity contribution in [3.63, 3.8) is 0 Å². The predicted molar refractivity (Wildman–Crippen MR) is 60.5 cm³/mol. The summed E-state index contributed by atoms with van der Waals surface area (Å²) in [5.74, 6) is 0.275. The molecule has 0 spiro atoms. The Morgan fingerprint density at radius 1 is 1.29 bits per heavy atom. The van der Waals surface area contributed by atoms with Gasteiger partial charge in [-0.2, -0.15) is 0 Å². The molecule has 2 aliphatic rings. The Labute approximate surface area is 101 Å². The SMILES string of the molecule is CC(C)(C)OC(=O)N1CC2C(CC(=O)O)C2C1. The maximum Gasteiger partial charge on any atom is 0.410 e. The number of nitrogens with zero attached hydrogens (tertiary/aromatic N) is 1. The summed E-state index contributed by atoms with van der Waals surface area (Å²) >= 11 is 0. The molecule has 1 saturated carbocycles. The van der Waals surface area contributed by atoms with E-state index in [9.17, 15) is 9.59 Å². The molecule has 2 unspecified atom stereocenters. The topological polar surface area (TPSA) is 66.8 Å². The van der Waals surface area contributed by atoms with Crippen LogP contribution in [0.1, 0.15) is 27.2 Å². The lowest BCUT2D eigenvalue weighted by molar-refractivity contribution is -0.137. The molecule has 5 nitrogen and oxygen atoms in total. The van der Waals surface area contributed by atoms with Gasteiger partial charge in [-0.05, 0) is 38.5 Å². The normalized spacial score (nSPS) is 31.0. The Bertz CT molecular complexity index is 335. The number of carbonyl (C=O) groups excluding carboxylic acids is 1. The summed E-state index contributed by atoms with van der Waals surface area (Å²) < 4.78 is 5.28. The van der Waals surface area contributed by atoms with Crippen LogP contribution in [-0.2, 0) is 9.53 Å². The van der Waals surface area contributed by atoms with Gasteiger partial charge in [0.1, 0.15) is 5.60 Å². The molecule has 0 bridgehead atoms. The minimum atomic E-state index is -0.742. The Hall–Kier alpha value is -1.26. The van der Waals surface area contributed by atoms with Crippen LogP contribution in [0, 0.1) is 17.8 Å². The summed E-state index contributed by atoms with van der Waals surface area (Å²) in [5.41, 5.74) is -0.468. The number of aliphatic carboxylic acids is 1. The highest BCUT2D eigenvalue weighted by Crippen LogP contribution is 2.53. The molecule has 5 heteroatoms. The van der Waals surface area contributed by atoms with Crippen molar-refractivity contribution in [2.75, 3.05) is 13.1 Å². The van der Waals surface area contributed by atoms with Gasteiger partial charge in [-0.3, -0.25) is 4.79 Å². The van der Waals surface area contributed by atoms with Crippen LogP contribution in [0.15, 0.2) is 0 Å². The van der Waals surface area contributed by atoms with Crippen molar-refractivity contribution in [3.05, 3.63) is 0 Å². The van der Waals surface area contributed by atoms with Gasteiger partial charge in [0.25, 0.3) is 0 Å². The zero-order chi connectivity index (χ0) is 12.8. The largest absolute Gasteiger partial charge is 0.481 e. The maximum absolute atomic E-state index is 11.7. The van der Waals surface area contributed by atoms with Crippen LogP contribution in [0.3, 0.4) is 0 Å². The number of carbonyl (C=O) groups is 2. The minimum Gasteiger partial charge on any atom is -0.481 e. The number of carboxylic acid groups (broad SMARTS) is 1. The number of piperidine rings is 1. The number of rotatable bonds is 2. The van der Waals surface area contributed by atoms with Crippen molar-refractivity contribution < 1.29 is 19.4 Å².